The van der Waals surface area contributed by atoms with E-state index in [1.165, 1.54) is 0 Å². The lowest BCUT2D eigenvalue weighted by Crippen LogP contribution is -2.12. The van der Waals surface area contributed by atoms with Gasteiger partial charge in [-0.05, 0) is 200 Å². The van der Waals surface area contributed by atoms with Crippen LogP contribution in [0, 0.1) is 0 Å². The van der Waals surface area contributed by atoms with Gasteiger partial charge in [0.05, 0.1) is 0 Å². The summed E-state index contributed by atoms with van der Waals surface area (Å²) in [5, 5.41) is 0. The number of rotatable bonds is 36. The number of hydrogen-bond acceptors (Lipinski definition) is 6. The Balaban J connectivity index is 2.66. The highest BCUT2D eigenvalue weighted by atomic mass is 33.5. The number of methoxy groups -OCH3 is 1. The predicted octanol–water partition coefficient (Wildman–Crippen LogP) is 34.6. The van der Waals surface area contributed by atoms with Crippen molar-refractivity contribution in [3.63, 3.8) is 0 Å². The Morgan fingerprint density at radius 2 is 0.646 bits per heavy atom. The van der Waals surface area contributed by atoms with Gasteiger partial charge in [0.1, 0.15) is 17.2 Å². The molecule has 0 fully saturated rings. The molecule has 0 saturated heterocycles. The van der Waals surface area contributed by atoms with Gasteiger partial charge >= 0.3 is 0 Å². The minimum Gasteiger partial charge on any atom is -0.485 e. The molecule has 0 radical (unpaired) electrons. The molecule has 0 spiro atoms. The maximum atomic E-state index is 14.9. The number of carbonyl (C=O) groups is 2. The van der Waals surface area contributed by atoms with E-state index in [-0.39, 0.29) is 25.0 Å². The number of benzene rings is 3. The van der Waals surface area contributed by atoms with Crippen LogP contribution < -0.4 is 14.0 Å². The van der Waals surface area contributed by atoms with Crippen LogP contribution in [0.2, 0.25) is 0 Å². The van der Waals surface area contributed by atoms with Crippen LogP contribution in [-0.4, -0.2) is 32.1 Å². The fourth-order valence-electron chi connectivity index (χ4n) is 6.18. The summed E-state index contributed by atoms with van der Waals surface area (Å²) >= 11 is 0. The first kappa shape index (κ1) is 94.5. The number of ketones is 2. The predicted molar refractivity (Wildman–Crippen MR) is 541 cm³/mol. The SMILES string of the molecule is COCOc1ccc(Cc2ccc(OCC(=O)c3cc(OP(P(P(P(P)P)P(P)P)P(P(P)P)P(P(P)P)P(P)P)P(P(P(P(P)P)P(P)P)P(P(P)P)P(P)P)P(P(P(P)P)P(P)P)P(P(P)P)P(P)P)cc(C(C)=O)c3)cc2)cc1. The van der Waals surface area contributed by atoms with Gasteiger partial charge in [-0.15, -0.1) is 232 Å². The van der Waals surface area contributed by atoms with Gasteiger partial charge in [0.25, 0.3) is 0 Å². The van der Waals surface area contributed by atoms with Crippen LogP contribution in [0.25, 0.3) is 0 Å². The molecule has 0 bridgehead atoms. The van der Waals surface area contributed by atoms with Crippen LogP contribution >= 0.6 is 407 Å². The fraction of sp³-hybridized carbons (Fsp3) is 0.200. The van der Waals surface area contributed by atoms with Crippen molar-refractivity contribution in [2.45, 2.75) is 13.3 Å². The molecule has 29 unspecified atom stereocenters. The molecule has 466 valence electrons. The van der Waals surface area contributed by atoms with E-state index in [1.807, 2.05) is 36.4 Å². The summed E-state index contributed by atoms with van der Waals surface area (Å²) in [5.74, 6) is 1.82. The minimum atomic E-state index is -1.21. The smallest absolute Gasteiger partial charge is 0.200 e. The Kier molecular flexibility index (Phi) is 57.8. The summed E-state index contributed by atoms with van der Waals surface area (Å²) in [5.41, 5.74) is 3.25. The summed E-state index contributed by atoms with van der Waals surface area (Å²) in [4.78, 5) is 28.9. The van der Waals surface area contributed by atoms with E-state index < -0.39 is 175 Å². The molecule has 0 saturated carbocycles. The van der Waals surface area contributed by atoms with Gasteiger partial charge in [-0.2, -0.15) is 0 Å². The summed E-state index contributed by atoms with van der Waals surface area (Å²) in [7, 11) is 89.7. The summed E-state index contributed by atoms with van der Waals surface area (Å²) in [6.07, 6.45) is 0.742. The molecular formula is C25H75O6P51. The second kappa shape index (κ2) is 50.2. The molecule has 6 nitrogen and oxygen atoms in total. The maximum Gasteiger partial charge on any atom is 0.200 e. The highest BCUT2D eigenvalue weighted by Crippen LogP contribution is 3.44. The van der Waals surface area contributed by atoms with Crippen LogP contribution in [0.15, 0.2) is 66.7 Å². The number of ether oxygens (including phenoxy) is 3. The van der Waals surface area contributed by atoms with Crippen LogP contribution in [0.1, 0.15) is 38.8 Å². The average molecular weight is 2050 g/mol. The lowest BCUT2D eigenvalue weighted by Gasteiger charge is -2.56. The van der Waals surface area contributed by atoms with E-state index in [2.05, 4.69) is 256 Å². The molecule has 3 rings (SSSR count). The first-order valence-corrected chi connectivity index (χ1v) is 114. The van der Waals surface area contributed by atoms with E-state index in [0.29, 0.717) is 22.6 Å². The maximum absolute atomic E-state index is 14.9. The van der Waals surface area contributed by atoms with E-state index in [4.69, 9.17) is 18.7 Å². The average Bonchev–Trinajstić information content (AvgIpc) is 3.34. The lowest BCUT2D eigenvalue weighted by molar-refractivity contribution is 0.0511. The quantitative estimate of drug-likeness (QED) is 0.0328. The molecule has 0 aliphatic carbocycles. The van der Waals surface area contributed by atoms with Gasteiger partial charge in [-0.3, -0.25) is 9.59 Å². The third kappa shape index (κ3) is 31.7. The van der Waals surface area contributed by atoms with Crippen molar-refractivity contribution in [2.75, 3.05) is 20.5 Å². The normalized spacial score (nSPS) is 14.2. The molecule has 0 aliphatic heterocycles. The zero-order chi connectivity index (χ0) is 62.4. The van der Waals surface area contributed by atoms with Crippen LogP contribution in [0.3, 0.4) is 0 Å². The largest absolute Gasteiger partial charge is 0.485 e. The van der Waals surface area contributed by atoms with Crippen molar-refractivity contribution >= 4 is 419 Å². The zero-order valence-electron chi connectivity index (χ0n) is 43.6. The molecule has 0 amide bonds. The highest BCUT2D eigenvalue weighted by Gasteiger charge is 2.60. The first-order valence-electron chi connectivity index (χ1n) is 21.4. The van der Waals surface area contributed by atoms with Gasteiger partial charge in [-0.25, -0.2) is 0 Å². The lowest BCUT2D eigenvalue weighted by atomic mass is 10.0. The molecule has 82 heavy (non-hydrogen) atoms. The van der Waals surface area contributed by atoms with Crippen LogP contribution in [0.4, 0.5) is 0 Å². The Hall–Kier alpha value is 18.3. The summed E-state index contributed by atoms with van der Waals surface area (Å²) in [6, 6.07) is 21.9. The molecule has 0 aliphatic rings. The molecule has 3 aromatic carbocycles. The van der Waals surface area contributed by atoms with Crippen molar-refractivity contribution in [1.82, 2.24) is 0 Å². The van der Waals surface area contributed by atoms with Crippen molar-refractivity contribution in [3.05, 3.63) is 89.0 Å². The summed E-state index contributed by atoms with van der Waals surface area (Å²) < 4.78 is 25.7. The first-order chi connectivity index (χ1) is 38.2. The van der Waals surface area contributed by atoms with E-state index in [0.717, 1.165) is 23.3 Å². The zero-order valence-corrected chi connectivity index (χ0v) is 96.0. The second-order valence-corrected chi connectivity index (χ2v) is 224. The van der Waals surface area contributed by atoms with E-state index in [9.17, 15) is 9.59 Å². The third-order valence-corrected chi connectivity index (χ3v) is 357. The van der Waals surface area contributed by atoms with Crippen molar-refractivity contribution in [1.29, 1.82) is 0 Å². The Labute approximate surface area is 580 Å². The van der Waals surface area contributed by atoms with Gasteiger partial charge < -0.3 is 18.7 Å². The Bertz CT molecular complexity index is 2230. The number of carbonyl (C=O) groups excluding carboxylic acids is 2. The standard InChI is InChI=1S/C25H75O6P51/c1-17(26)20-12-21(25(27)15-29-22-7-3-18(4-8-22)11-19-5-9-23(10-6-19)30-16-28-2)14-24(13-20)31-58(72(74(59(32)33)60(34)35)80(71(56)57)75(61(36)37)62(38)39)73(81(76(63(40)41)64(42)43)77(65(44)45)66(46)47)82(78(67(48)49)68(50)51)79(69(52)53)70(54)55/h3-10,12-14H,11,15-16,32-57H2,1-2H3. The van der Waals surface area contributed by atoms with Crippen molar-refractivity contribution in [3.8, 4) is 17.2 Å². The monoisotopic (exact) mass is 2050 g/mol. The topological polar surface area (TPSA) is 71.1 Å². The molecular weight excluding hydrogens is 1980 g/mol. The van der Waals surface area contributed by atoms with Crippen molar-refractivity contribution < 1.29 is 28.3 Å². The highest BCUT2D eigenvalue weighted by molar-refractivity contribution is 9.48. The third-order valence-electron chi connectivity index (χ3n) is 9.22. The molecule has 57 heteroatoms. The van der Waals surface area contributed by atoms with Crippen molar-refractivity contribution in [2.24, 2.45) is 0 Å². The van der Waals surface area contributed by atoms with Gasteiger partial charge in [0, 0.05) is 53.2 Å². The molecule has 0 heterocycles. The van der Waals surface area contributed by atoms with Gasteiger partial charge in [0.15, 0.2) is 32.5 Å². The summed E-state index contributed by atoms with van der Waals surface area (Å²) in [6.45, 7) is -10.9. The Morgan fingerprint density at radius 3 is 0.963 bits per heavy atom. The second-order valence-electron chi connectivity index (χ2n) is 15.3. The molecule has 0 aromatic heterocycles. The van der Waals surface area contributed by atoms with Crippen LogP contribution in [-0.2, 0) is 11.2 Å². The Morgan fingerprint density at radius 1 is 0.354 bits per heavy atom. The number of Topliss-reactive ketones (excluding diaryl/α,β-unsaturated/α-hetero) is 2. The van der Waals surface area contributed by atoms with Crippen LogP contribution in [0.5, 0.6) is 17.2 Å². The molecule has 3 aromatic rings. The van der Waals surface area contributed by atoms with Gasteiger partial charge in [-0.1, -0.05) is 24.3 Å². The van der Waals surface area contributed by atoms with E-state index in [1.54, 1.807) is 20.1 Å². The molecule has 29 atom stereocenters. The minimum absolute atomic E-state index is 0.0782. The molecule has 0 N–H and O–H groups in total. The van der Waals surface area contributed by atoms with Gasteiger partial charge in [0.2, 0.25) is 0 Å². The number of hydrogen-bond donors (Lipinski definition) is 0. The fourth-order valence-corrected chi connectivity index (χ4v) is 713. The van der Waals surface area contributed by atoms with E-state index >= 15 is 0 Å².